The number of carbonyl (C=O) groups excluding carboxylic acids is 1. The van der Waals surface area contributed by atoms with Crippen LogP contribution in [0.2, 0.25) is 0 Å². The van der Waals surface area contributed by atoms with Gasteiger partial charge in [-0.25, -0.2) is 0 Å². The van der Waals surface area contributed by atoms with E-state index in [0.717, 1.165) is 25.0 Å². The van der Waals surface area contributed by atoms with Gasteiger partial charge in [-0.3, -0.25) is 4.79 Å². The number of amides is 1. The van der Waals surface area contributed by atoms with E-state index in [1.165, 1.54) is 6.07 Å². The number of unbranched alkanes of at least 4 members (excludes halogenated alkanes) is 1. The van der Waals surface area contributed by atoms with Gasteiger partial charge in [0.25, 0.3) is 0 Å². The lowest BCUT2D eigenvalue weighted by Gasteiger charge is -2.15. The van der Waals surface area contributed by atoms with Gasteiger partial charge in [0, 0.05) is 6.42 Å². The third kappa shape index (κ3) is 5.65. The molecule has 0 radical (unpaired) electrons. The average Bonchev–Trinajstić information content (AvgIpc) is 2.42. The number of ether oxygens (including phenoxy) is 1. The van der Waals surface area contributed by atoms with Crippen molar-refractivity contribution < 1.29 is 22.7 Å². The summed E-state index contributed by atoms with van der Waals surface area (Å²) in [5, 5.41) is 2.50. The zero-order valence-corrected chi connectivity index (χ0v) is 12.2. The zero-order chi connectivity index (χ0) is 15.9. The van der Waals surface area contributed by atoms with Gasteiger partial charge in [-0.15, -0.1) is 0 Å². The summed E-state index contributed by atoms with van der Waals surface area (Å²) in [5.41, 5.74) is -0.739. The first-order valence-corrected chi connectivity index (χ1v) is 7.02. The van der Waals surface area contributed by atoms with Crippen LogP contribution < -0.4 is 10.1 Å². The van der Waals surface area contributed by atoms with Crippen molar-refractivity contribution in [2.75, 3.05) is 11.9 Å². The molecule has 6 heteroatoms. The topological polar surface area (TPSA) is 38.3 Å². The molecule has 0 saturated heterocycles. The lowest BCUT2D eigenvalue weighted by molar-refractivity contribution is -0.137. The van der Waals surface area contributed by atoms with Crippen molar-refractivity contribution in [1.82, 2.24) is 0 Å². The SMILES string of the molecule is CCCCC(=O)Nc1cc(C(F)(F)F)ccc1OCCC. The Bertz CT molecular complexity index is 472. The lowest BCUT2D eigenvalue weighted by atomic mass is 10.1. The molecule has 1 aromatic carbocycles. The van der Waals surface area contributed by atoms with Crippen molar-refractivity contribution in [1.29, 1.82) is 0 Å². The fourth-order valence-electron chi connectivity index (χ4n) is 1.69. The second kappa shape index (κ2) is 7.90. The van der Waals surface area contributed by atoms with E-state index in [-0.39, 0.29) is 23.8 Å². The average molecular weight is 303 g/mol. The number of rotatable bonds is 7. The fourth-order valence-corrected chi connectivity index (χ4v) is 1.69. The maximum absolute atomic E-state index is 12.7. The molecule has 0 saturated carbocycles. The standard InChI is InChI=1S/C15H20F3NO2/c1-3-5-6-14(20)19-12-10-11(15(16,17)18)7-8-13(12)21-9-4-2/h7-8,10H,3-6,9H2,1-2H3,(H,19,20). The summed E-state index contributed by atoms with van der Waals surface area (Å²) in [6.45, 7) is 4.21. The quantitative estimate of drug-likeness (QED) is 0.798. The monoisotopic (exact) mass is 303 g/mol. The van der Waals surface area contributed by atoms with Crippen molar-refractivity contribution in [3.63, 3.8) is 0 Å². The summed E-state index contributed by atoms with van der Waals surface area (Å²) >= 11 is 0. The first-order chi connectivity index (χ1) is 9.88. The highest BCUT2D eigenvalue weighted by Crippen LogP contribution is 2.35. The minimum atomic E-state index is -4.45. The van der Waals surface area contributed by atoms with Crippen LogP contribution in [0.15, 0.2) is 18.2 Å². The highest BCUT2D eigenvalue weighted by molar-refractivity contribution is 5.92. The van der Waals surface area contributed by atoms with Crippen LogP contribution in [0, 0.1) is 0 Å². The fraction of sp³-hybridized carbons (Fsp3) is 0.533. The summed E-state index contributed by atoms with van der Waals surface area (Å²) in [6.07, 6.45) is -1.92. The molecule has 118 valence electrons. The molecule has 1 aromatic rings. The minimum absolute atomic E-state index is 0.0689. The molecule has 0 atom stereocenters. The Hall–Kier alpha value is -1.72. The van der Waals surface area contributed by atoms with E-state index < -0.39 is 11.7 Å². The van der Waals surface area contributed by atoms with Gasteiger partial charge in [-0.2, -0.15) is 13.2 Å². The van der Waals surface area contributed by atoms with Crippen LogP contribution in [-0.4, -0.2) is 12.5 Å². The third-order valence-electron chi connectivity index (χ3n) is 2.80. The first kappa shape index (κ1) is 17.3. The molecule has 0 aliphatic rings. The van der Waals surface area contributed by atoms with E-state index in [1.54, 1.807) is 0 Å². The second-order valence-corrected chi connectivity index (χ2v) is 4.71. The highest BCUT2D eigenvalue weighted by atomic mass is 19.4. The van der Waals surface area contributed by atoms with Gasteiger partial charge in [-0.1, -0.05) is 20.3 Å². The van der Waals surface area contributed by atoms with Gasteiger partial charge in [0.05, 0.1) is 17.9 Å². The molecule has 0 aliphatic carbocycles. The number of hydrogen-bond acceptors (Lipinski definition) is 2. The molecule has 0 aliphatic heterocycles. The van der Waals surface area contributed by atoms with E-state index in [2.05, 4.69) is 5.32 Å². The number of anilines is 1. The third-order valence-corrected chi connectivity index (χ3v) is 2.80. The van der Waals surface area contributed by atoms with Crippen molar-refractivity contribution in [2.24, 2.45) is 0 Å². The Morgan fingerprint density at radius 2 is 1.95 bits per heavy atom. The summed E-state index contributed by atoms with van der Waals surface area (Å²) in [6, 6.07) is 3.11. The maximum atomic E-state index is 12.7. The molecule has 0 heterocycles. The Labute approximate surface area is 122 Å². The van der Waals surface area contributed by atoms with Crippen LogP contribution in [0.3, 0.4) is 0 Å². The van der Waals surface area contributed by atoms with E-state index in [0.29, 0.717) is 13.0 Å². The van der Waals surface area contributed by atoms with Crippen LogP contribution >= 0.6 is 0 Å². The number of hydrogen-bond donors (Lipinski definition) is 1. The Balaban J connectivity index is 2.96. The van der Waals surface area contributed by atoms with Crippen LogP contribution in [0.1, 0.15) is 45.1 Å². The molecule has 3 nitrogen and oxygen atoms in total. The van der Waals surface area contributed by atoms with E-state index in [1.807, 2.05) is 13.8 Å². The Morgan fingerprint density at radius 3 is 2.52 bits per heavy atom. The first-order valence-electron chi connectivity index (χ1n) is 7.02. The Kier molecular flexibility index (Phi) is 6.52. The zero-order valence-electron chi connectivity index (χ0n) is 12.2. The molecule has 0 aromatic heterocycles. The van der Waals surface area contributed by atoms with E-state index in [9.17, 15) is 18.0 Å². The molecule has 1 N–H and O–H groups in total. The largest absolute Gasteiger partial charge is 0.491 e. The summed E-state index contributed by atoms with van der Waals surface area (Å²) < 4.78 is 43.6. The molecule has 1 rings (SSSR count). The molecular formula is C15H20F3NO2. The van der Waals surface area contributed by atoms with Crippen LogP contribution in [0.5, 0.6) is 5.75 Å². The normalized spacial score (nSPS) is 11.3. The van der Waals surface area contributed by atoms with Crippen molar-refractivity contribution in [3.8, 4) is 5.75 Å². The number of benzene rings is 1. The molecule has 21 heavy (non-hydrogen) atoms. The van der Waals surface area contributed by atoms with Gasteiger partial charge < -0.3 is 10.1 Å². The van der Waals surface area contributed by atoms with Gasteiger partial charge in [0.1, 0.15) is 5.75 Å². The van der Waals surface area contributed by atoms with E-state index in [4.69, 9.17) is 4.74 Å². The van der Waals surface area contributed by atoms with Gasteiger partial charge in [0.2, 0.25) is 5.91 Å². The van der Waals surface area contributed by atoms with Crippen LogP contribution in [0.4, 0.5) is 18.9 Å². The number of nitrogens with one attached hydrogen (secondary N) is 1. The van der Waals surface area contributed by atoms with E-state index >= 15 is 0 Å². The molecule has 0 spiro atoms. The van der Waals surface area contributed by atoms with Gasteiger partial charge in [-0.05, 0) is 31.0 Å². The molecule has 0 unspecified atom stereocenters. The van der Waals surface area contributed by atoms with Crippen molar-refractivity contribution in [2.45, 2.75) is 45.7 Å². The summed E-state index contributed by atoms with van der Waals surface area (Å²) in [4.78, 5) is 11.7. The van der Waals surface area contributed by atoms with Crippen LogP contribution in [-0.2, 0) is 11.0 Å². The smallest absolute Gasteiger partial charge is 0.416 e. The number of carbonyl (C=O) groups is 1. The second-order valence-electron chi connectivity index (χ2n) is 4.71. The van der Waals surface area contributed by atoms with Gasteiger partial charge in [0.15, 0.2) is 0 Å². The van der Waals surface area contributed by atoms with Crippen molar-refractivity contribution in [3.05, 3.63) is 23.8 Å². The molecule has 0 bridgehead atoms. The van der Waals surface area contributed by atoms with Gasteiger partial charge >= 0.3 is 6.18 Å². The summed E-state index contributed by atoms with van der Waals surface area (Å²) in [5.74, 6) is -0.0489. The summed E-state index contributed by atoms with van der Waals surface area (Å²) in [7, 11) is 0. The van der Waals surface area contributed by atoms with Crippen molar-refractivity contribution >= 4 is 11.6 Å². The predicted molar refractivity (Wildman–Crippen MR) is 75.4 cm³/mol. The predicted octanol–water partition coefficient (Wildman–Crippen LogP) is 4.62. The molecular weight excluding hydrogens is 283 g/mol. The number of halogens is 3. The Morgan fingerprint density at radius 1 is 1.24 bits per heavy atom. The highest BCUT2D eigenvalue weighted by Gasteiger charge is 2.31. The minimum Gasteiger partial charge on any atom is -0.491 e. The molecule has 0 fully saturated rings. The molecule has 1 amide bonds. The lowest BCUT2D eigenvalue weighted by Crippen LogP contribution is -2.14. The van der Waals surface area contributed by atoms with Crippen LogP contribution in [0.25, 0.3) is 0 Å². The number of alkyl halides is 3. The maximum Gasteiger partial charge on any atom is 0.416 e.